The molecule has 0 aliphatic heterocycles. The van der Waals surface area contributed by atoms with Gasteiger partial charge in [0.1, 0.15) is 11.6 Å². The topological polar surface area (TPSA) is 69.4 Å². The second-order valence-electron chi connectivity index (χ2n) is 5.13. The van der Waals surface area contributed by atoms with Crippen LogP contribution in [0.25, 0.3) is 0 Å². The fourth-order valence-corrected chi connectivity index (χ4v) is 2.49. The molecule has 2 N–H and O–H groups in total. The first-order chi connectivity index (χ1) is 7.76. The highest BCUT2D eigenvalue weighted by atomic mass is 32.2. The van der Waals surface area contributed by atoms with Crippen molar-refractivity contribution in [1.82, 2.24) is 0 Å². The van der Waals surface area contributed by atoms with Crippen molar-refractivity contribution in [2.45, 2.75) is 58.6 Å². The smallest absolute Gasteiger partial charge is 0.323 e. The Morgan fingerprint density at radius 3 is 2.41 bits per heavy atom. The summed E-state index contributed by atoms with van der Waals surface area (Å²) in [4.78, 5) is 11.5. The number of carbonyl (C=O) groups is 1. The summed E-state index contributed by atoms with van der Waals surface area (Å²) in [6.45, 7) is 7.47. The summed E-state index contributed by atoms with van der Waals surface area (Å²) in [5, 5.41) is 0. The molecule has 0 aliphatic rings. The Morgan fingerprint density at radius 1 is 1.35 bits per heavy atom. The number of hydrogen-bond donors (Lipinski definition) is 1. The quantitative estimate of drug-likeness (QED) is 0.708. The van der Waals surface area contributed by atoms with E-state index < -0.39 is 28.4 Å². The van der Waals surface area contributed by atoms with Gasteiger partial charge in [0.25, 0.3) is 0 Å². The summed E-state index contributed by atoms with van der Waals surface area (Å²) in [5.41, 5.74) is 5.17. The van der Waals surface area contributed by atoms with Crippen LogP contribution in [0.2, 0.25) is 0 Å². The summed E-state index contributed by atoms with van der Waals surface area (Å²) < 4.78 is 16.7. The molecule has 17 heavy (non-hydrogen) atoms. The van der Waals surface area contributed by atoms with Crippen LogP contribution in [0.1, 0.15) is 47.0 Å². The summed E-state index contributed by atoms with van der Waals surface area (Å²) in [6, 6.07) is -0.667. The van der Waals surface area contributed by atoms with E-state index in [1.54, 1.807) is 20.8 Å². The average molecular weight is 263 g/mol. The number of ether oxygens (including phenoxy) is 1. The maximum atomic E-state index is 11.5. The number of esters is 1. The van der Waals surface area contributed by atoms with Gasteiger partial charge in [0.15, 0.2) is 0 Å². The Morgan fingerprint density at radius 2 is 1.94 bits per heavy atom. The third-order valence-electron chi connectivity index (χ3n) is 2.09. The van der Waals surface area contributed by atoms with Gasteiger partial charge in [-0.3, -0.25) is 9.00 Å². The molecule has 2 atom stereocenters. The van der Waals surface area contributed by atoms with Gasteiger partial charge < -0.3 is 10.5 Å². The van der Waals surface area contributed by atoms with Crippen molar-refractivity contribution in [2.75, 3.05) is 11.5 Å². The second kappa shape index (κ2) is 7.82. The first-order valence-electron chi connectivity index (χ1n) is 6.09. The van der Waals surface area contributed by atoms with Gasteiger partial charge in [-0.25, -0.2) is 0 Å². The Bertz CT molecular complexity index is 261. The van der Waals surface area contributed by atoms with Crippen LogP contribution in [-0.4, -0.2) is 33.3 Å². The number of unbranched alkanes of at least 4 members (excludes halogenated alkanes) is 1. The van der Waals surface area contributed by atoms with Gasteiger partial charge in [-0.1, -0.05) is 13.3 Å². The molecule has 0 aliphatic carbocycles. The van der Waals surface area contributed by atoms with Crippen LogP contribution in [0.15, 0.2) is 0 Å². The van der Waals surface area contributed by atoms with Gasteiger partial charge in [0.2, 0.25) is 0 Å². The van der Waals surface area contributed by atoms with Crippen LogP contribution < -0.4 is 5.73 Å². The van der Waals surface area contributed by atoms with Gasteiger partial charge in [-0.2, -0.15) is 0 Å². The van der Waals surface area contributed by atoms with E-state index in [1.165, 1.54) is 0 Å². The van der Waals surface area contributed by atoms with Gasteiger partial charge >= 0.3 is 5.97 Å². The van der Waals surface area contributed by atoms with Crippen LogP contribution in [0.3, 0.4) is 0 Å². The lowest BCUT2D eigenvalue weighted by Crippen LogP contribution is -2.38. The zero-order valence-corrected chi connectivity index (χ0v) is 12.1. The molecule has 4 nitrogen and oxygen atoms in total. The predicted molar refractivity (Wildman–Crippen MR) is 71.2 cm³/mol. The first kappa shape index (κ1) is 16.6. The molecule has 0 bridgehead atoms. The van der Waals surface area contributed by atoms with E-state index in [0.717, 1.165) is 12.8 Å². The van der Waals surface area contributed by atoms with E-state index in [0.29, 0.717) is 17.9 Å². The molecule has 0 rings (SSSR count). The zero-order chi connectivity index (χ0) is 13.5. The molecule has 0 spiro atoms. The Kier molecular flexibility index (Phi) is 7.63. The van der Waals surface area contributed by atoms with Gasteiger partial charge in [-0.05, 0) is 33.6 Å². The second-order valence-corrected chi connectivity index (χ2v) is 6.83. The van der Waals surface area contributed by atoms with Crippen LogP contribution in [0.4, 0.5) is 0 Å². The predicted octanol–water partition coefficient (Wildman–Crippen LogP) is 1.59. The Hall–Kier alpha value is -0.420. The third-order valence-corrected chi connectivity index (χ3v) is 3.53. The highest BCUT2D eigenvalue weighted by Crippen LogP contribution is 2.09. The van der Waals surface area contributed by atoms with Crippen molar-refractivity contribution in [1.29, 1.82) is 0 Å². The van der Waals surface area contributed by atoms with E-state index in [2.05, 4.69) is 6.92 Å². The van der Waals surface area contributed by atoms with Crippen molar-refractivity contribution in [3.63, 3.8) is 0 Å². The number of carbonyl (C=O) groups excluding carboxylic acids is 1. The largest absolute Gasteiger partial charge is 0.459 e. The van der Waals surface area contributed by atoms with Crippen molar-refractivity contribution in [3.8, 4) is 0 Å². The number of rotatable bonds is 7. The molecule has 0 saturated carbocycles. The molecule has 0 radical (unpaired) electrons. The minimum atomic E-state index is -0.868. The Balaban J connectivity index is 3.89. The molecule has 0 heterocycles. The van der Waals surface area contributed by atoms with Crippen molar-refractivity contribution < 1.29 is 13.7 Å². The fraction of sp³-hybridized carbons (Fsp3) is 0.917. The SMILES string of the molecule is CCCCS(=O)CCC(N)C(=O)OC(C)(C)C. The number of nitrogens with two attached hydrogens (primary N) is 1. The lowest BCUT2D eigenvalue weighted by molar-refractivity contribution is -0.156. The van der Waals surface area contributed by atoms with Crippen LogP contribution in [0, 0.1) is 0 Å². The molecule has 0 fully saturated rings. The van der Waals surface area contributed by atoms with Gasteiger partial charge in [0.05, 0.1) is 0 Å². The lowest BCUT2D eigenvalue weighted by Gasteiger charge is -2.22. The maximum Gasteiger partial charge on any atom is 0.323 e. The molecular weight excluding hydrogens is 238 g/mol. The standard InChI is InChI=1S/C12H25NO3S/c1-5-6-8-17(15)9-7-10(13)11(14)16-12(2,3)4/h10H,5-9,13H2,1-4H3. The van der Waals surface area contributed by atoms with E-state index in [4.69, 9.17) is 10.5 Å². The molecule has 2 unspecified atom stereocenters. The van der Waals surface area contributed by atoms with E-state index >= 15 is 0 Å². The van der Waals surface area contributed by atoms with Crippen molar-refractivity contribution >= 4 is 16.8 Å². The highest BCUT2D eigenvalue weighted by Gasteiger charge is 2.22. The highest BCUT2D eigenvalue weighted by molar-refractivity contribution is 7.84. The van der Waals surface area contributed by atoms with Crippen molar-refractivity contribution in [2.24, 2.45) is 5.73 Å². The van der Waals surface area contributed by atoms with E-state index in [-0.39, 0.29) is 0 Å². The number of hydrogen-bond acceptors (Lipinski definition) is 4. The van der Waals surface area contributed by atoms with Crippen LogP contribution in [0.5, 0.6) is 0 Å². The molecule has 0 saturated heterocycles. The monoisotopic (exact) mass is 263 g/mol. The normalized spacial score (nSPS) is 15.4. The molecule has 0 aromatic carbocycles. The molecular formula is C12H25NO3S. The van der Waals surface area contributed by atoms with E-state index in [1.807, 2.05) is 0 Å². The molecule has 5 heteroatoms. The first-order valence-corrected chi connectivity index (χ1v) is 7.58. The Labute approximate surface area is 107 Å². The van der Waals surface area contributed by atoms with Crippen molar-refractivity contribution in [3.05, 3.63) is 0 Å². The summed E-state index contributed by atoms with van der Waals surface area (Å²) >= 11 is 0. The van der Waals surface area contributed by atoms with Crippen LogP contribution in [-0.2, 0) is 20.3 Å². The fourth-order valence-electron chi connectivity index (χ4n) is 1.16. The van der Waals surface area contributed by atoms with Gasteiger partial charge in [-0.15, -0.1) is 0 Å². The van der Waals surface area contributed by atoms with Gasteiger partial charge in [0, 0.05) is 22.3 Å². The van der Waals surface area contributed by atoms with E-state index in [9.17, 15) is 9.00 Å². The lowest BCUT2D eigenvalue weighted by atomic mass is 10.2. The minimum Gasteiger partial charge on any atom is -0.459 e. The van der Waals surface area contributed by atoms with Crippen LogP contribution >= 0.6 is 0 Å². The zero-order valence-electron chi connectivity index (χ0n) is 11.3. The minimum absolute atomic E-state index is 0.412. The average Bonchev–Trinajstić information content (AvgIpc) is 2.20. The third kappa shape index (κ3) is 9.30. The summed E-state index contributed by atoms with van der Waals surface area (Å²) in [6.07, 6.45) is 2.41. The maximum absolute atomic E-state index is 11.5. The molecule has 0 amide bonds. The summed E-state index contributed by atoms with van der Waals surface area (Å²) in [5.74, 6) is 0.753. The summed E-state index contributed by atoms with van der Waals surface area (Å²) in [7, 11) is -0.868. The molecule has 102 valence electrons. The molecule has 0 aromatic rings. The molecule has 0 aromatic heterocycles.